The molecule has 0 N–H and O–H groups in total. The number of alkyl halides is 2. The number of nitrogens with zero attached hydrogens (tertiary/aromatic N) is 1. The zero-order valence-electron chi connectivity index (χ0n) is 12.9. The number of carbonyl (C=O) groups is 2. The largest absolute Gasteiger partial charge is 0.292 e. The number of benzene rings is 1. The van der Waals surface area contributed by atoms with Gasteiger partial charge in [-0.25, -0.2) is 4.99 Å². The summed E-state index contributed by atoms with van der Waals surface area (Å²) in [6.45, 7) is 5.72. The minimum absolute atomic E-state index is 0.0549. The second kappa shape index (κ2) is 7.11. The number of rotatable bonds is 2. The first kappa shape index (κ1) is 18.7. The molecule has 0 fully saturated rings. The van der Waals surface area contributed by atoms with Gasteiger partial charge in [-0.05, 0) is 46.5 Å². The molecular formula is C17H16Br3NO2. The van der Waals surface area contributed by atoms with Crippen LogP contribution in [0.3, 0.4) is 0 Å². The average Bonchev–Trinajstić information content (AvgIpc) is 2.51. The number of halogens is 3. The second-order valence-corrected chi connectivity index (χ2v) is 9.17. The van der Waals surface area contributed by atoms with Gasteiger partial charge in [0.05, 0.1) is 15.0 Å². The van der Waals surface area contributed by atoms with Crippen LogP contribution < -0.4 is 0 Å². The molecule has 1 aliphatic rings. The highest BCUT2D eigenvalue weighted by atomic mass is 79.9. The number of hydrogen-bond acceptors (Lipinski definition) is 2. The third kappa shape index (κ3) is 3.59. The van der Waals surface area contributed by atoms with Gasteiger partial charge in [-0.3, -0.25) is 9.59 Å². The average molecular weight is 506 g/mol. The molecule has 0 aromatic heterocycles. The first-order chi connectivity index (χ1) is 10.7. The SMILES string of the molecule is CC(C)C1=C(Br)C(=O)C(C)(Br)C(Br)C1=NC(=O)c1ccccc1. The highest BCUT2D eigenvalue weighted by Crippen LogP contribution is 2.43. The molecular weight excluding hydrogens is 490 g/mol. The Morgan fingerprint density at radius 1 is 1.26 bits per heavy atom. The summed E-state index contributed by atoms with van der Waals surface area (Å²) in [4.78, 5) is 29.0. The van der Waals surface area contributed by atoms with Gasteiger partial charge >= 0.3 is 0 Å². The normalized spacial score (nSPS) is 27.0. The molecule has 2 unspecified atom stereocenters. The summed E-state index contributed by atoms with van der Waals surface area (Å²) in [5.74, 6) is -0.324. The number of ketones is 1. The summed E-state index contributed by atoms with van der Waals surface area (Å²) >= 11 is 10.4. The maximum atomic E-state index is 12.6. The van der Waals surface area contributed by atoms with Crippen LogP contribution >= 0.6 is 47.8 Å². The van der Waals surface area contributed by atoms with E-state index in [4.69, 9.17) is 0 Å². The molecule has 0 aliphatic heterocycles. The van der Waals surface area contributed by atoms with Crippen molar-refractivity contribution in [1.29, 1.82) is 0 Å². The number of allylic oxidation sites excluding steroid dienone is 2. The van der Waals surface area contributed by atoms with Gasteiger partial charge in [0.15, 0.2) is 5.78 Å². The van der Waals surface area contributed by atoms with Crippen LogP contribution in [0.2, 0.25) is 0 Å². The van der Waals surface area contributed by atoms with E-state index in [2.05, 4.69) is 52.8 Å². The van der Waals surface area contributed by atoms with Crippen LogP contribution in [-0.4, -0.2) is 26.6 Å². The molecule has 1 amide bonds. The highest BCUT2D eigenvalue weighted by molar-refractivity contribution is 9.13. The Morgan fingerprint density at radius 3 is 2.35 bits per heavy atom. The topological polar surface area (TPSA) is 46.5 Å². The van der Waals surface area contributed by atoms with Crippen molar-refractivity contribution in [1.82, 2.24) is 0 Å². The third-order valence-electron chi connectivity index (χ3n) is 3.69. The fourth-order valence-electron chi connectivity index (χ4n) is 2.38. The van der Waals surface area contributed by atoms with Crippen molar-refractivity contribution in [3.05, 3.63) is 46.0 Å². The number of carbonyl (C=O) groups excluding carboxylic acids is 2. The van der Waals surface area contributed by atoms with E-state index in [1.165, 1.54) is 0 Å². The van der Waals surface area contributed by atoms with Gasteiger partial charge in [0.2, 0.25) is 0 Å². The van der Waals surface area contributed by atoms with Gasteiger partial charge in [-0.2, -0.15) is 0 Å². The zero-order valence-corrected chi connectivity index (χ0v) is 17.7. The Balaban J connectivity index is 2.59. The Hall–Kier alpha value is -0.590. The second-order valence-electron chi connectivity index (χ2n) is 5.82. The molecule has 2 atom stereocenters. The minimum atomic E-state index is -0.861. The van der Waals surface area contributed by atoms with Crippen molar-refractivity contribution in [3.8, 4) is 0 Å². The van der Waals surface area contributed by atoms with Gasteiger partial charge in [0, 0.05) is 5.56 Å². The third-order valence-corrected chi connectivity index (χ3v) is 7.26. The Bertz CT molecular complexity index is 706. The molecule has 0 bridgehead atoms. The van der Waals surface area contributed by atoms with Crippen LogP contribution in [0.4, 0.5) is 0 Å². The molecule has 0 saturated carbocycles. The highest BCUT2D eigenvalue weighted by Gasteiger charge is 2.48. The molecule has 1 aromatic carbocycles. The van der Waals surface area contributed by atoms with E-state index in [-0.39, 0.29) is 17.6 Å². The Labute approximate surface area is 161 Å². The standard InChI is InChI=1S/C17H16Br3NO2/c1-9(2)11-12(18)15(22)17(3,20)14(19)13(11)21-16(23)10-7-5-4-6-8-10/h4-9,14H,1-3H3. The first-order valence-corrected chi connectivity index (χ1v) is 9.63. The lowest BCUT2D eigenvalue weighted by atomic mass is 9.83. The summed E-state index contributed by atoms with van der Waals surface area (Å²) in [5.41, 5.74) is 1.87. The predicted molar refractivity (Wildman–Crippen MR) is 104 cm³/mol. The minimum Gasteiger partial charge on any atom is -0.292 e. The molecule has 3 nitrogen and oxygen atoms in total. The number of aliphatic imine (C=N–C) groups is 1. The molecule has 122 valence electrons. The number of hydrogen-bond donors (Lipinski definition) is 0. The van der Waals surface area contributed by atoms with Gasteiger partial charge in [-0.15, -0.1) is 0 Å². The maximum Gasteiger partial charge on any atom is 0.277 e. The molecule has 0 radical (unpaired) electrons. The molecule has 0 spiro atoms. The van der Waals surface area contributed by atoms with E-state index < -0.39 is 9.15 Å². The fraction of sp³-hybridized carbons (Fsp3) is 0.353. The van der Waals surface area contributed by atoms with Gasteiger partial charge in [-0.1, -0.05) is 63.9 Å². The monoisotopic (exact) mass is 503 g/mol. The van der Waals surface area contributed by atoms with Crippen LogP contribution in [-0.2, 0) is 4.79 Å². The molecule has 1 aromatic rings. The summed E-state index contributed by atoms with van der Waals surface area (Å²) in [7, 11) is 0. The van der Waals surface area contributed by atoms with Crippen LogP contribution in [0.25, 0.3) is 0 Å². The molecule has 1 aliphatic carbocycles. The van der Waals surface area contributed by atoms with E-state index in [0.29, 0.717) is 15.8 Å². The van der Waals surface area contributed by atoms with Crippen molar-refractivity contribution in [2.75, 3.05) is 0 Å². The lowest BCUT2D eigenvalue weighted by Crippen LogP contribution is -2.48. The van der Waals surface area contributed by atoms with Crippen LogP contribution in [0.5, 0.6) is 0 Å². The molecule has 0 heterocycles. The van der Waals surface area contributed by atoms with E-state index in [9.17, 15) is 9.59 Å². The predicted octanol–water partition coefficient (Wildman–Crippen LogP) is 5.07. The summed E-state index contributed by atoms with van der Waals surface area (Å²) < 4.78 is -0.387. The fourth-order valence-corrected chi connectivity index (χ4v) is 4.69. The summed E-state index contributed by atoms with van der Waals surface area (Å²) in [5, 5.41) is 0. The maximum absolute atomic E-state index is 12.6. The molecule has 23 heavy (non-hydrogen) atoms. The van der Waals surface area contributed by atoms with Crippen molar-refractivity contribution in [2.45, 2.75) is 29.9 Å². The molecule has 6 heteroatoms. The van der Waals surface area contributed by atoms with Crippen molar-refractivity contribution in [2.24, 2.45) is 10.9 Å². The van der Waals surface area contributed by atoms with E-state index in [1.54, 1.807) is 31.2 Å². The number of amides is 1. The van der Waals surface area contributed by atoms with E-state index in [0.717, 1.165) is 5.57 Å². The summed E-state index contributed by atoms with van der Waals surface area (Å²) in [6, 6.07) is 8.90. The van der Waals surface area contributed by atoms with Gasteiger partial charge in [0.1, 0.15) is 4.32 Å². The van der Waals surface area contributed by atoms with Crippen molar-refractivity contribution < 1.29 is 9.59 Å². The first-order valence-electron chi connectivity index (χ1n) is 7.13. The van der Waals surface area contributed by atoms with Crippen LogP contribution in [0, 0.1) is 5.92 Å². The van der Waals surface area contributed by atoms with Crippen molar-refractivity contribution >= 4 is 65.2 Å². The lowest BCUT2D eigenvalue weighted by molar-refractivity contribution is -0.116. The lowest BCUT2D eigenvalue weighted by Gasteiger charge is -2.35. The zero-order chi connectivity index (χ0) is 17.4. The smallest absolute Gasteiger partial charge is 0.277 e. The molecule has 2 rings (SSSR count). The number of Topliss-reactive ketones (excluding diaryl/α,β-unsaturated/α-hetero) is 1. The quantitative estimate of drug-likeness (QED) is 0.527. The van der Waals surface area contributed by atoms with Crippen molar-refractivity contribution in [3.63, 3.8) is 0 Å². The van der Waals surface area contributed by atoms with E-state index >= 15 is 0 Å². The van der Waals surface area contributed by atoms with Gasteiger partial charge < -0.3 is 0 Å². The van der Waals surface area contributed by atoms with Crippen LogP contribution in [0.15, 0.2) is 45.4 Å². The Kier molecular flexibility index (Phi) is 5.80. The Morgan fingerprint density at radius 2 is 1.83 bits per heavy atom. The molecule has 0 saturated heterocycles. The van der Waals surface area contributed by atoms with E-state index in [1.807, 2.05) is 19.9 Å². The van der Waals surface area contributed by atoms with Gasteiger partial charge in [0.25, 0.3) is 5.91 Å². The summed E-state index contributed by atoms with van der Waals surface area (Å²) in [6.07, 6.45) is 0. The van der Waals surface area contributed by atoms with Crippen LogP contribution in [0.1, 0.15) is 31.1 Å².